The molecule has 2 N–H and O–H groups in total. The average molecular weight is 397 g/mol. The summed E-state index contributed by atoms with van der Waals surface area (Å²) in [4.78, 5) is 13.0. The number of benzene rings is 1. The minimum Gasteiger partial charge on any atom is -0.457 e. The zero-order valence-corrected chi connectivity index (χ0v) is 14.5. The molecule has 9 heteroatoms. The Morgan fingerprint density at radius 1 is 1.19 bits per heavy atom. The number of halogens is 3. The van der Waals surface area contributed by atoms with E-state index < -0.39 is 24.1 Å². The highest BCUT2D eigenvalue weighted by atomic mass is 32.1. The van der Waals surface area contributed by atoms with E-state index in [0.717, 1.165) is 17.0 Å². The zero-order chi connectivity index (χ0) is 19.4. The Labute approximate surface area is 156 Å². The van der Waals surface area contributed by atoms with Gasteiger partial charge in [-0.3, -0.25) is 4.79 Å². The van der Waals surface area contributed by atoms with E-state index in [2.05, 4.69) is 10.1 Å². The monoisotopic (exact) mass is 397 g/mol. The maximum absolute atomic E-state index is 12.1. The van der Waals surface area contributed by atoms with Crippen molar-refractivity contribution in [2.24, 2.45) is 0 Å². The predicted molar refractivity (Wildman–Crippen MR) is 92.4 cm³/mol. The molecule has 27 heavy (non-hydrogen) atoms. The lowest BCUT2D eigenvalue weighted by atomic mass is 10.2. The van der Waals surface area contributed by atoms with Crippen LogP contribution in [0.4, 0.5) is 13.2 Å². The summed E-state index contributed by atoms with van der Waals surface area (Å²) in [7, 11) is 0. The number of carbonyl (C=O) groups is 1. The van der Waals surface area contributed by atoms with E-state index in [9.17, 15) is 23.1 Å². The highest BCUT2D eigenvalue weighted by molar-refractivity contribution is 7.13. The van der Waals surface area contributed by atoms with Crippen molar-refractivity contribution in [1.29, 1.82) is 0 Å². The first-order chi connectivity index (χ1) is 12.8. The summed E-state index contributed by atoms with van der Waals surface area (Å²) in [5, 5.41) is 14.6. The predicted octanol–water partition coefficient (Wildman–Crippen LogP) is 4.37. The minimum atomic E-state index is -4.79. The van der Waals surface area contributed by atoms with Gasteiger partial charge >= 0.3 is 6.36 Å². The molecule has 1 amide bonds. The van der Waals surface area contributed by atoms with Crippen molar-refractivity contribution in [1.82, 2.24) is 5.32 Å². The Morgan fingerprint density at radius 2 is 1.93 bits per heavy atom. The van der Waals surface area contributed by atoms with Crippen molar-refractivity contribution in [2.45, 2.75) is 12.5 Å². The molecular formula is C18H14F3NO4S. The van der Waals surface area contributed by atoms with Gasteiger partial charge in [0.1, 0.15) is 23.4 Å². The van der Waals surface area contributed by atoms with Crippen molar-refractivity contribution in [3.8, 4) is 16.4 Å². The van der Waals surface area contributed by atoms with Crippen molar-refractivity contribution in [3.63, 3.8) is 0 Å². The highest BCUT2D eigenvalue weighted by Crippen LogP contribution is 2.28. The lowest BCUT2D eigenvalue weighted by Crippen LogP contribution is -2.28. The summed E-state index contributed by atoms with van der Waals surface area (Å²) < 4.78 is 45.7. The second-order valence-corrected chi connectivity index (χ2v) is 6.43. The van der Waals surface area contributed by atoms with E-state index in [1.54, 1.807) is 12.1 Å². The van der Waals surface area contributed by atoms with Gasteiger partial charge in [0.05, 0.1) is 11.4 Å². The second kappa shape index (κ2) is 7.85. The lowest BCUT2D eigenvalue weighted by Gasteiger charge is -2.11. The third kappa shape index (κ3) is 5.11. The van der Waals surface area contributed by atoms with E-state index in [1.807, 2.05) is 17.5 Å². The summed E-state index contributed by atoms with van der Waals surface area (Å²) in [6.07, 6.45) is -5.85. The Morgan fingerprint density at radius 3 is 2.56 bits per heavy atom. The molecule has 0 radical (unpaired) electrons. The summed E-state index contributed by atoms with van der Waals surface area (Å²) >= 11 is 1.50. The van der Waals surface area contributed by atoms with Crippen LogP contribution < -0.4 is 10.1 Å². The summed E-state index contributed by atoms with van der Waals surface area (Å²) in [5.41, 5.74) is 0.135. The summed E-state index contributed by atoms with van der Waals surface area (Å²) in [6, 6.07) is 11.6. The van der Waals surface area contributed by atoms with Crippen LogP contribution in [0.5, 0.6) is 5.75 Å². The van der Waals surface area contributed by atoms with Crippen LogP contribution in [0.25, 0.3) is 10.6 Å². The Kier molecular flexibility index (Phi) is 5.52. The molecule has 2 heterocycles. The average Bonchev–Trinajstić information content (AvgIpc) is 3.29. The van der Waals surface area contributed by atoms with E-state index >= 15 is 0 Å². The van der Waals surface area contributed by atoms with E-state index in [0.29, 0.717) is 11.5 Å². The Hall–Kier alpha value is -2.78. The van der Waals surface area contributed by atoms with Crippen LogP contribution in [0, 0.1) is 0 Å². The van der Waals surface area contributed by atoms with Crippen LogP contribution >= 0.6 is 11.3 Å². The van der Waals surface area contributed by atoms with E-state index in [4.69, 9.17) is 4.42 Å². The SMILES string of the molecule is O=C(NCC(O)c1ccc(-c2cccs2)o1)c1ccc(OC(F)(F)F)cc1. The van der Waals surface area contributed by atoms with Crippen LogP contribution in [-0.4, -0.2) is 23.9 Å². The topological polar surface area (TPSA) is 71.7 Å². The molecule has 0 aliphatic rings. The van der Waals surface area contributed by atoms with Gasteiger partial charge in [0.25, 0.3) is 5.91 Å². The van der Waals surface area contributed by atoms with Crippen LogP contribution in [0.15, 0.2) is 58.3 Å². The third-order valence-electron chi connectivity index (χ3n) is 3.53. The zero-order valence-electron chi connectivity index (χ0n) is 13.7. The first-order valence-electron chi connectivity index (χ1n) is 7.77. The van der Waals surface area contributed by atoms with Gasteiger partial charge in [-0.05, 0) is 47.8 Å². The van der Waals surface area contributed by atoms with Gasteiger partial charge < -0.3 is 19.6 Å². The van der Waals surface area contributed by atoms with Gasteiger partial charge in [-0.25, -0.2) is 0 Å². The van der Waals surface area contributed by atoms with E-state index in [-0.39, 0.29) is 12.1 Å². The number of aliphatic hydroxyl groups excluding tert-OH is 1. The van der Waals surface area contributed by atoms with Crippen molar-refractivity contribution in [2.75, 3.05) is 6.54 Å². The van der Waals surface area contributed by atoms with Crippen LogP contribution in [0.2, 0.25) is 0 Å². The molecule has 0 spiro atoms. The lowest BCUT2D eigenvalue weighted by molar-refractivity contribution is -0.274. The molecule has 142 valence electrons. The Bertz CT molecular complexity index is 888. The number of furan rings is 1. The van der Waals surface area contributed by atoms with Crippen molar-refractivity contribution >= 4 is 17.2 Å². The fraction of sp³-hybridized carbons (Fsp3) is 0.167. The highest BCUT2D eigenvalue weighted by Gasteiger charge is 2.31. The molecule has 0 fully saturated rings. The molecule has 1 aromatic carbocycles. The van der Waals surface area contributed by atoms with Gasteiger partial charge in [-0.1, -0.05) is 6.07 Å². The van der Waals surface area contributed by atoms with E-state index in [1.165, 1.54) is 23.5 Å². The number of rotatable bonds is 6. The summed E-state index contributed by atoms with van der Waals surface area (Å²) in [5.74, 6) is -0.0494. The summed E-state index contributed by atoms with van der Waals surface area (Å²) in [6.45, 7) is -0.114. The molecule has 3 aromatic rings. The maximum Gasteiger partial charge on any atom is 0.573 e. The third-order valence-corrected chi connectivity index (χ3v) is 4.41. The molecule has 0 aliphatic heterocycles. The molecule has 3 rings (SSSR count). The number of hydrogen-bond donors (Lipinski definition) is 2. The van der Waals surface area contributed by atoms with Gasteiger partial charge in [0.2, 0.25) is 0 Å². The number of alkyl halides is 3. The van der Waals surface area contributed by atoms with Crippen LogP contribution in [0.3, 0.4) is 0 Å². The van der Waals surface area contributed by atoms with Gasteiger partial charge in [0.15, 0.2) is 0 Å². The number of nitrogens with one attached hydrogen (secondary N) is 1. The Balaban J connectivity index is 1.55. The fourth-order valence-electron chi connectivity index (χ4n) is 2.28. The van der Waals surface area contributed by atoms with Gasteiger partial charge in [0, 0.05) is 5.56 Å². The maximum atomic E-state index is 12.1. The van der Waals surface area contributed by atoms with Crippen LogP contribution in [0.1, 0.15) is 22.2 Å². The fourth-order valence-corrected chi connectivity index (χ4v) is 2.97. The molecule has 2 aromatic heterocycles. The molecule has 1 atom stereocenters. The molecular weight excluding hydrogens is 383 g/mol. The minimum absolute atomic E-state index is 0.114. The van der Waals surface area contributed by atoms with Gasteiger partial charge in [-0.15, -0.1) is 24.5 Å². The number of amides is 1. The van der Waals surface area contributed by atoms with Crippen molar-refractivity contribution in [3.05, 3.63) is 65.2 Å². The largest absolute Gasteiger partial charge is 0.573 e. The second-order valence-electron chi connectivity index (χ2n) is 5.48. The first kappa shape index (κ1) is 19.0. The molecule has 1 unspecified atom stereocenters. The van der Waals surface area contributed by atoms with Crippen molar-refractivity contribution < 1.29 is 32.2 Å². The number of aliphatic hydroxyl groups is 1. The number of ether oxygens (including phenoxy) is 1. The van der Waals surface area contributed by atoms with Crippen LogP contribution in [-0.2, 0) is 0 Å². The molecule has 0 aliphatic carbocycles. The quantitative estimate of drug-likeness (QED) is 0.648. The standard InChI is InChI=1S/C18H14F3NO4S/c19-18(20,21)26-12-5-3-11(4-6-12)17(24)22-10-13(23)14-7-8-15(25-14)16-2-1-9-27-16/h1-9,13,23H,10H2,(H,22,24). The smallest absolute Gasteiger partial charge is 0.457 e. The molecule has 0 saturated heterocycles. The van der Waals surface area contributed by atoms with Gasteiger partial charge in [-0.2, -0.15) is 0 Å². The number of thiophene rings is 1. The number of hydrogen-bond acceptors (Lipinski definition) is 5. The molecule has 0 saturated carbocycles. The molecule has 5 nitrogen and oxygen atoms in total. The normalized spacial score (nSPS) is 12.6. The molecule has 0 bridgehead atoms. The first-order valence-corrected chi connectivity index (χ1v) is 8.65. The number of carbonyl (C=O) groups excluding carboxylic acids is 1.